The van der Waals surface area contributed by atoms with E-state index in [1.165, 1.54) is 80.2 Å². The highest BCUT2D eigenvalue weighted by Crippen LogP contribution is 2.25. The quantitative estimate of drug-likeness (QED) is 0.638. The molecule has 0 atom stereocenters. The predicted octanol–water partition coefficient (Wildman–Crippen LogP) is 4.34. The van der Waals surface area contributed by atoms with Gasteiger partial charge in [-0.3, -0.25) is 0 Å². The number of sulfone groups is 1. The van der Waals surface area contributed by atoms with Gasteiger partial charge >= 0.3 is 0 Å². The van der Waals surface area contributed by atoms with Crippen LogP contribution in [-0.2, 0) is 29.1 Å². The van der Waals surface area contributed by atoms with Gasteiger partial charge in [0.1, 0.15) is 0 Å². The molecule has 4 rings (SSSR count). The van der Waals surface area contributed by atoms with Crippen LogP contribution in [0.15, 0.2) is 47.4 Å². The summed E-state index contributed by atoms with van der Waals surface area (Å²) in [6.45, 7) is 4.54. The maximum atomic E-state index is 11.6. The third-order valence-corrected chi connectivity index (χ3v) is 7.79. The number of fused-ring (bicyclic) bond motifs is 1. The number of nitrogens with zero attached hydrogens (tertiary/aromatic N) is 1. The van der Waals surface area contributed by atoms with E-state index in [9.17, 15) is 8.42 Å². The van der Waals surface area contributed by atoms with Crippen LogP contribution in [0.4, 0.5) is 5.69 Å². The summed E-state index contributed by atoms with van der Waals surface area (Å²) in [6.07, 6.45) is 9.74. The summed E-state index contributed by atoms with van der Waals surface area (Å²) >= 11 is 0. The molecule has 0 amide bonds. The molecule has 5 heteroatoms. The van der Waals surface area contributed by atoms with Crippen molar-refractivity contribution in [3.63, 3.8) is 0 Å². The summed E-state index contributed by atoms with van der Waals surface area (Å²) in [5.41, 5.74) is 5.60. The Balaban J connectivity index is 1.14. The standard InChI is InChI=1S/C25H34N2O2S/c1-30(28,29)25-10-6-20(7-11-25)18-21-12-16-27(17-13-21)15-3-14-26-24-9-8-22-4-2-5-23(22)19-24/h6-11,19,21,26H,2-5,12-18H2,1H3. The van der Waals surface area contributed by atoms with Gasteiger partial charge in [-0.2, -0.15) is 0 Å². The number of benzene rings is 2. The molecule has 2 aromatic rings. The van der Waals surface area contributed by atoms with Crippen molar-refractivity contribution in [2.45, 2.75) is 49.8 Å². The molecular formula is C25H34N2O2S. The Kier molecular flexibility index (Phi) is 6.79. The second-order valence-electron chi connectivity index (χ2n) is 9.02. The first-order chi connectivity index (χ1) is 14.5. The molecule has 0 radical (unpaired) electrons. The van der Waals surface area contributed by atoms with Crippen molar-refractivity contribution in [2.75, 3.05) is 37.8 Å². The lowest BCUT2D eigenvalue weighted by molar-refractivity contribution is 0.183. The Morgan fingerprint density at radius 2 is 1.73 bits per heavy atom. The van der Waals surface area contributed by atoms with Crippen LogP contribution in [0.3, 0.4) is 0 Å². The molecule has 30 heavy (non-hydrogen) atoms. The molecule has 0 unspecified atom stereocenters. The molecule has 2 aromatic carbocycles. The summed E-state index contributed by atoms with van der Waals surface area (Å²) in [5, 5.41) is 3.60. The zero-order chi connectivity index (χ0) is 21.0. The fourth-order valence-corrected chi connectivity index (χ4v) is 5.47. The molecule has 0 bridgehead atoms. The van der Waals surface area contributed by atoms with Crippen LogP contribution in [0.2, 0.25) is 0 Å². The van der Waals surface area contributed by atoms with Crippen LogP contribution in [0.1, 0.15) is 42.4 Å². The number of anilines is 1. The van der Waals surface area contributed by atoms with Gasteiger partial charge in [-0.05, 0) is 111 Å². The molecule has 1 aliphatic heterocycles. The van der Waals surface area contributed by atoms with E-state index in [4.69, 9.17) is 0 Å². The zero-order valence-electron chi connectivity index (χ0n) is 18.1. The minimum Gasteiger partial charge on any atom is -0.385 e. The molecule has 4 nitrogen and oxygen atoms in total. The van der Waals surface area contributed by atoms with Crippen molar-refractivity contribution < 1.29 is 8.42 Å². The van der Waals surface area contributed by atoms with Crippen molar-refractivity contribution in [1.82, 2.24) is 4.90 Å². The van der Waals surface area contributed by atoms with Gasteiger partial charge in [0.05, 0.1) is 4.90 Å². The highest BCUT2D eigenvalue weighted by atomic mass is 32.2. The fourth-order valence-electron chi connectivity index (χ4n) is 4.84. The van der Waals surface area contributed by atoms with E-state index in [1.807, 2.05) is 12.1 Å². The Morgan fingerprint density at radius 3 is 2.47 bits per heavy atom. The van der Waals surface area contributed by atoms with Gasteiger partial charge in [0.15, 0.2) is 9.84 Å². The first-order valence-corrected chi connectivity index (χ1v) is 13.2. The molecule has 1 N–H and O–H groups in total. The summed E-state index contributed by atoms with van der Waals surface area (Å²) in [5.74, 6) is 0.704. The molecule has 1 saturated heterocycles. The summed E-state index contributed by atoms with van der Waals surface area (Å²) in [7, 11) is -3.10. The van der Waals surface area contributed by atoms with Crippen LogP contribution in [0.25, 0.3) is 0 Å². The lowest BCUT2D eigenvalue weighted by atomic mass is 9.90. The first-order valence-electron chi connectivity index (χ1n) is 11.3. The average Bonchev–Trinajstić information content (AvgIpc) is 3.20. The summed E-state index contributed by atoms with van der Waals surface area (Å²) in [6, 6.07) is 14.3. The molecule has 162 valence electrons. The highest BCUT2D eigenvalue weighted by molar-refractivity contribution is 7.90. The van der Waals surface area contributed by atoms with Crippen LogP contribution in [0.5, 0.6) is 0 Å². The monoisotopic (exact) mass is 426 g/mol. The third kappa shape index (κ3) is 5.64. The molecule has 0 spiro atoms. The SMILES string of the molecule is CS(=O)(=O)c1ccc(CC2CCN(CCCNc3ccc4c(c3)CCC4)CC2)cc1. The number of rotatable bonds is 8. The van der Waals surface area contributed by atoms with Crippen molar-refractivity contribution in [3.05, 3.63) is 59.2 Å². The van der Waals surface area contributed by atoms with E-state index in [1.54, 1.807) is 12.1 Å². The molecular weight excluding hydrogens is 392 g/mol. The fraction of sp³-hybridized carbons (Fsp3) is 0.520. The Morgan fingerprint density at radius 1 is 1.00 bits per heavy atom. The van der Waals surface area contributed by atoms with Crippen molar-refractivity contribution in [2.24, 2.45) is 5.92 Å². The van der Waals surface area contributed by atoms with Crippen LogP contribution >= 0.6 is 0 Å². The second-order valence-corrected chi connectivity index (χ2v) is 11.0. The molecule has 0 aromatic heterocycles. The number of likely N-dealkylation sites (tertiary alicyclic amines) is 1. The maximum absolute atomic E-state index is 11.6. The number of aryl methyl sites for hydroxylation is 2. The van der Waals surface area contributed by atoms with Gasteiger partial charge in [-0.25, -0.2) is 8.42 Å². The number of piperidine rings is 1. The Labute approximate surface area is 181 Å². The molecule has 1 aliphatic carbocycles. The van der Waals surface area contributed by atoms with Gasteiger partial charge in [-0.1, -0.05) is 18.2 Å². The molecule has 2 aliphatic rings. The normalized spacial score (nSPS) is 17.8. The predicted molar refractivity (Wildman–Crippen MR) is 124 cm³/mol. The van der Waals surface area contributed by atoms with E-state index >= 15 is 0 Å². The van der Waals surface area contributed by atoms with Crippen LogP contribution in [-0.4, -0.2) is 45.8 Å². The maximum Gasteiger partial charge on any atom is 0.175 e. The molecule has 1 fully saturated rings. The number of hydrogen-bond donors (Lipinski definition) is 1. The average molecular weight is 427 g/mol. The number of hydrogen-bond acceptors (Lipinski definition) is 4. The van der Waals surface area contributed by atoms with Gasteiger partial charge in [0.25, 0.3) is 0 Å². The first kappa shape index (κ1) is 21.4. The lowest BCUT2D eigenvalue weighted by Crippen LogP contribution is -2.35. The Hall–Kier alpha value is -1.85. The minimum absolute atomic E-state index is 0.412. The van der Waals surface area contributed by atoms with Crippen molar-refractivity contribution in [3.8, 4) is 0 Å². The smallest absolute Gasteiger partial charge is 0.175 e. The van der Waals surface area contributed by atoms with Gasteiger partial charge < -0.3 is 10.2 Å². The van der Waals surface area contributed by atoms with Crippen LogP contribution < -0.4 is 5.32 Å². The van der Waals surface area contributed by atoms with Crippen LogP contribution in [0, 0.1) is 5.92 Å². The van der Waals surface area contributed by atoms with E-state index in [0.29, 0.717) is 10.8 Å². The van der Waals surface area contributed by atoms with E-state index in [-0.39, 0.29) is 0 Å². The van der Waals surface area contributed by atoms with E-state index in [2.05, 4.69) is 28.4 Å². The largest absolute Gasteiger partial charge is 0.385 e. The minimum atomic E-state index is -3.10. The zero-order valence-corrected chi connectivity index (χ0v) is 18.9. The Bertz CT molecular complexity index is 946. The lowest BCUT2D eigenvalue weighted by Gasteiger charge is -2.32. The van der Waals surface area contributed by atoms with Gasteiger partial charge in [-0.15, -0.1) is 0 Å². The van der Waals surface area contributed by atoms with Crippen molar-refractivity contribution in [1.29, 1.82) is 0 Å². The van der Waals surface area contributed by atoms with Crippen molar-refractivity contribution >= 4 is 15.5 Å². The third-order valence-electron chi connectivity index (χ3n) is 6.66. The second kappa shape index (κ2) is 9.52. The molecule has 1 heterocycles. The highest BCUT2D eigenvalue weighted by Gasteiger charge is 2.19. The van der Waals surface area contributed by atoms with Gasteiger partial charge in [0, 0.05) is 18.5 Å². The topological polar surface area (TPSA) is 49.4 Å². The molecule has 0 saturated carbocycles. The van der Waals surface area contributed by atoms with E-state index in [0.717, 1.165) is 19.5 Å². The van der Waals surface area contributed by atoms with E-state index < -0.39 is 9.84 Å². The number of nitrogens with one attached hydrogen (secondary N) is 1. The summed E-state index contributed by atoms with van der Waals surface area (Å²) in [4.78, 5) is 3.00. The van der Waals surface area contributed by atoms with Gasteiger partial charge in [0.2, 0.25) is 0 Å². The summed E-state index contributed by atoms with van der Waals surface area (Å²) < 4.78 is 23.2.